The predicted octanol–water partition coefficient (Wildman–Crippen LogP) is 3.79. The van der Waals surface area contributed by atoms with Crippen LogP contribution in [0, 0.1) is 13.8 Å². The molecule has 0 aliphatic heterocycles. The van der Waals surface area contributed by atoms with Gasteiger partial charge < -0.3 is 4.57 Å². The minimum atomic E-state index is 0.177. The lowest BCUT2D eigenvalue weighted by atomic mass is 9.86. The number of aryl methyl sites for hydroxylation is 2. The highest BCUT2D eigenvalue weighted by Crippen LogP contribution is 2.25. The van der Waals surface area contributed by atoms with Gasteiger partial charge in [0.05, 0.1) is 12.0 Å². The normalized spacial score (nSPS) is 11.8. The third kappa shape index (κ3) is 2.57. The van der Waals surface area contributed by atoms with Crippen LogP contribution in [0.15, 0.2) is 30.7 Å². The van der Waals surface area contributed by atoms with Crippen molar-refractivity contribution in [1.29, 1.82) is 0 Å². The van der Waals surface area contributed by atoms with Crippen LogP contribution in [0.3, 0.4) is 0 Å². The number of hydrogen-bond donors (Lipinski definition) is 0. The molecule has 0 saturated heterocycles. The van der Waals surface area contributed by atoms with Crippen molar-refractivity contribution in [3.63, 3.8) is 0 Å². The molecule has 2 aromatic rings. The van der Waals surface area contributed by atoms with Gasteiger partial charge in [-0.15, -0.1) is 0 Å². The quantitative estimate of drug-likeness (QED) is 0.726. The van der Waals surface area contributed by atoms with Crippen LogP contribution in [0.1, 0.15) is 37.6 Å². The average Bonchev–Trinajstić information content (AvgIpc) is 2.62. The lowest BCUT2D eigenvalue weighted by Gasteiger charge is -2.21. The molecule has 0 radical (unpaired) electrons. The predicted molar refractivity (Wildman–Crippen MR) is 71.7 cm³/mol. The minimum absolute atomic E-state index is 0.177. The van der Waals surface area contributed by atoms with E-state index in [1.165, 1.54) is 16.8 Å². The smallest absolute Gasteiger partial charge is 0.0995 e. The van der Waals surface area contributed by atoms with Crippen LogP contribution < -0.4 is 0 Å². The van der Waals surface area contributed by atoms with Gasteiger partial charge in [0.15, 0.2) is 0 Å². The van der Waals surface area contributed by atoms with Crippen LogP contribution >= 0.6 is 0 Å². The first-order valence-electron chi connectivity index (χ1n) is 5.99. The van der Waals surface area contributed by atoms with Crippen molar-refractivity contribution >= 4 is 0 Å². The summed E-state index contributed by atoms with van der Waals surface area (Å²) >= 11 is 0. The van der Waals surface area contributed by atoms with Gasteiger partial charge in [0.2, 0.25) is 0 Å². The van der Waals surface area contributed by atoms with E-state index < -0.39 is 0 Å². The number of nitrogens with zero attached hydrogens (tertiary/aromatic N) is 2. The molecule has 1 heterocycles. The van der Waals surface area contributed by atoms with E-state index in [1.54, 1.807) is 0 Å². The van der Waals surface area contributed by atoms with E-state index in [9.17, 15) is 0 Å². The molecule has 0 N–H and O–H groups in total. The van der Waals surface area contributed by atoms with Crippen LogP contribution in [-0.4, -0.2) is 9.55 Å². The maximum Gasteiger partial charge on any atom is 0.0995 e. The Labute approximate surface area is 103 Å². The Morgan fingerprint density at radius 1 is 1.06 bits per heavy atom. The van der Waals surface area contributed by atoms with E-state index in [0.29, 0.717) is 0 Å². The lowest BCUT2D eigenvalue weighted by molar-refractivity contribution is 0.589. The van der Waals surface area contributed by atoms with Crippen molar-refractivity contribution in [2.75, 3.05) is 0 Å². The van der Waals surface area contributed by atoms with E-state index in [-0.39, 0.29) is 5.41 Å². The number of imidazole rings is 1. The Balaban J connectivity index is 2.52. The van der Waals surface area contributed by atoms with Gasteiger partial charge in [0, 0.05) is 11.9 Å². The van der Waals surface area contributed by atoms with Gasteiger partial charge in [-0.05, 0) is 42.5 Å². The second kappa shape index (κ2) is 4.02. The topological polar surface area (TPSA) is 17.8 Å². The van der Waals surface area contributed by atoms with Gasteiger partial charge in [-0.1, -0.05) is 26.8 Å². The highest BCUT2D eigenvalue weighted by atomic mass is 15.0. The third-order valence-electron chi connectivity index (χ3n) is 2.94. The number of aromatic nitrogens is 2. The maximum absolute atomic E-state index is 4.28. The first-order valence-corrected chi connectivity index (χ1v) is 5.99. The Morgan fingerprint density at radius 3 is 2.29 bits per heavy atom. The Bertz CT molecular complexity index is 530. The highest BCUT2D eigenvalue weighted by Gasteiger charge is 2.15. The van der Waals surface area contributed by atoms with Gasteiger partial charge in [-0.3, -0.25) is 0 Å². The molecule has 0 spiro atoms. The van der Waals surface area contributed by atoms with Crippen molar-refractivity contribution in [3.8, 4) is 5.69 Å². The van der Waals surface area contributed by atoms with E-state index in [2.05, 4.69) is 61.6 Å². The molecule has 0 bridgehead atoms. The number of rotatable bonds is 1. The summed E-state index contributed by atoms with van der Waals surface area (Å²) in [7, 11) is 0. The summed E-state index contributed by atoms with van der Waals surface area (Å²) in [5, 5.41) is 0. The molecule has 0 amide bonds. The van der Waals surface area contributed by atoms with E-state index >= 15 is 0 Å². The summed E-state index contributed by atoms with van der Waals surface area (Å²) in [6.45, 7) is 10.9. The van der Waals surface area contributed by atoms with Crippen LogP contribution in [0.2, 0.25) is 0 Å². The fraction of sp³-hybridized carbons (Fsp3) is 0.400. The van der Waals surface area contributed by atoms with E-state index in [4.69, 9.17) is 0 Å². The van der Waals surface area contributed by atoms with Crippen molar-refractivity contribution < 1.29 is 0 Å². The molecule has 2 heteroatoms. The zero-order valence-electron chi connectivity index (χ0n) is 11.3. The Morgan fingerprint density at radius 2 is 1.76 bits per heavy atom. The molecule has 0 saturated carbocycles. The van der Waals surface area contributed by atoms with E-state index in [1.807, 2.05) is 13.3 Å². The SMILES string of the molecule is Cc1cc(-n2cnc(C)c2)cc(C(C)(C)C)c1. The van der Waals surface area contributed by atoms with Crippen molar-refractivity contribution in [3.05, 3.63) is 47.5 Å². The minimum Gasteiger partial charge on any atom is -0.306 e. The molecular weight excluding hydrogens is 208 g/mol. The average molecular weight is 228 g/mol. The van der Waals surface area contributed by atoms with Gasteiger partial charge in [0.25, 0.3) is 0 Å². The summed E-state index contributed by atoms with van der Waals surface area (Å²) in [4.78, 5) is 4.28. The van der Waals surface area contributed by atoms with Crippen molar-refractivity contribution in [1.82, 2.24) is 9.55 Å². The van der Waals surface area contributed by atoms with Gasteiger partial charge >= 0.3 is 0 Å². The van der Waals surface area contributed by atoms with Crippen LogP contribution in [0.25, 0.3) is 5.69 Å². The van der Waals surface area contributed by atoms with Crippen molar-refractivity contribution in [2.24, 2.45) is 0 Å². The summed E-state index contributed by atoms with van der Waals surface area (Å²) < 4.78 is 2.08. The van der Waals surface area contributed by atoms with Crippen LogP contribution in [0.4, 0.5) is 0 Å². The summed E-state index contributed by atoms with van der Waals surface area (Å²) in [6, 6.07) is 6.69. The Kier molecular flexibility index (Phi) is 2.82. The molecule has 2 rings (SSSR count). The zero-order chi connectivity index (χ0) is 12.6. The summed E-state index contributed by atoms with van der Waals surface area (Å²) in [5.41, 5.74) is 5.06. The Hall–Kier alpha value is -1.57. The largest absolute Gasteiger partial charge is 0.306 e. The monoisotopic (exact) mass is 228 g/mol. The maximum atomic E-state index is 4.28. The molecule has 1 aromatic heterocycles. The lowest BCUT2D eigenvalue weighted by Crippen LogP contribution is -2.12. The van der Waals surface area contributed by atoms with Gasteiger partial charge in [-0.2, -0.15) is 0 Å². The molecular formula is C15H20N2. The molecule has 0 aliphatic rings. The molecule has 2 nitrogen and oxygen atoms in total. The fourth-order valence-electron chi connectivity index (χ4n) is 1.91. The molecule has 1 aromatic carbocycles. The molecule has 0 atom stereocenters. The highest BCUT2D eigenvalue weighted by molar-refractivity contribution is 5.42. The van der Waals surface area contributed by atoms with E-state index in [0.717, 1.165) is 5.69 Å². The fourth-order valence-corrected chi connectivity index (χ4v) is 1.91. The second-order valence-corrected chi connectivity index (χ2v) is 5.73. The van der Waals surface area contributed by atoms with Crippen LogP contribution in [-0.2, 0) is 5.41 Å². The van der Waals surface area contributed by atoms with Gasteiger partial charge in [-0.25, -0.2) is 4.98 Å². The second-order valence-electron chi connectivity index (χ2n) is 5.73. The van der Waals surface area contributed by atoms with Crippen LogP contribution in [0.5, 0.6) is 0 Å². The third-order valence-corrected chi connectivity index (χ3v) is 2.94. The molecule has 90 valence electrons. The summed E-state index contributed by atoms with van der Waals surface area (Å²) in [5.74, 6) is 0. The first-order chi connectivity index (χ1) is 7.86. The number of benzene rings is 1. The first kappa shape index (κ1) is 11.9. The zero-order valence-corrected chi connectivity index (χ0v) is 11.3. The summed E-state index contributed by atoms with van der Waals surface area (Å²) in [6.07, 6.45) is 3.93. The molecule has 17 heavy (non-hydrogen) atoms. The molecule has 0 unspecified atom stereocenters. The van der Waals surface area contributed by atoms with Crippen molar-refractivity contribution in [2.45, 2.75) is 40.0 Å². The molecule has 0 fully saturated rings. The standard InChI is InChI=1S/C15H20N2/c1-11-6-13(15(3,4)5)8-14(7-11)17-9-12(2)16-10-17/h6-10H,1-5H3. The molecule has 0 aliphatic carbocycles. The number of hydrogen-bond acceptors (Lipinski definition) is 1. The van der Waals surface area contributed by atoms with Gasteiger partial charge in [0.1, 0.15) is 0 Å².